The number of ether oxygens (including phenoxy) is 1. The molecule has 2 aliphatic rings. The smallest absolute Gasteiger partial charge is 0.341 e. The van der Waals surface area contributed by atoms with Gasteiger partial charge in [0.1, 0.15) is 5.00 Å². The number of aryl methyl sites for hydroxylation is 1. The summed E-state index contributed by atoms with van der Waals surface area (Å²) in [6.07, 6.45) is 4.61. The lowest BCUT2D eigenvalue weighted by molar-refractivity contribution is -0.118. The summed E-state index contributed by atoms with van der Waals surface area (Å²) in [5, 5.41) is 0.327. The zero-order valence-corrected chi connectivity index (χ0v) is 19.3. The van der Waals surface area contributed by atoms with E-state index in [1.807, 2.05) is 6.92 Å². The number of fused-ring (bicyclic) bond motifs is 2. The first-order chi connectivity index (χ1) is 14.9. The predicted octanol–water partition coefficient (Wildman–Crippen LogP) is 3.90. The van der Waals surface area contributed by atoms with Crippen LogP contribution in [-0.2, 0) is 38.8 Å². The van der Waals surface area contributed by atoms with Crippen LogP contribution in [0, 0.1) is 0 Å². The number of rotatable bonds is 6. The average molecular weight is 463 g/mol. The maximum atomic E-state index is 13.2. The monoisotopic (exact) mass is 462 g/mol. The Hall–Kier alpha value is -2.39. The van der Waals surface area contributed by atoms with Crippen LogP contribution in [0.2, 0.25) is 0 Å². The number of hydrogen-bond acceptors (Lipinski definition) is 6. The number of nitrogens with zero attached hydrogens (tertiary/aromatic N) is 1. The van der Waals surface area contributed by atoms with E-state index in [4.69, 9.17) is 4.74 Å². The molecule has 1 aliphatic heterocycles. The molecule has 0 bridgehead atoms. The Labute approximate surface area is 186 Å². The van der Waals surface area contributed by atoms with Gasteiger partial charge in [0, 0.05) is 23.5 Å². The summed E-state index contributed by atoms with van der Waals surface area (Å²) in [7, 11) is -3.90. The number of esters is 1. The van der Waals surface area contributed by atoms with Gasteiger partial charge in [0.25, 0.3) is 10.0 Å². The second-order valence-electron chi connectivity index (χ2n) is 7.68. The summed E-state index contributed by atoms with van der Waals surface area (Å²) < 4.78 is 34.2. The van der Waals surface area contributed by atoms with Gasteiger partial charge in [-0.15, -0.1) is 11.3 Å². The van der Waals surface area contributed by atoms with Gasteiger partial charge >= 0.3 is 5.97 Å². The van der Waals surface area contributed by atoms with Crippen molar-refractivity contribution in [3.8, 4) is 0 Å². The summed E-state index contributed by atoms with van der Waals surface area (Å²) in [4.78, 5) is 27.6. The molecule has 0 atom stereocenters. The second kappa shape index (κ2) is 8.63. The van der Waals surface area contributed by atoms with Crippen LogP contribution in [0.25, 0.3) is 0 Å². The highest BCUT2D eigenvalue weighted by molar-refractivity contribution is 7.93. The highest BCUT2D eigenvalue weighted by atomic mass is 32.2. The van der Waals surface area contributed by atoms with Gasteiger partial charge in [0.15, 0.2) is 0 Å². The van der Waals surface area contributed by atoms with Crippen LogP contribution < -0.4 is 9.62 Å². The van der Waals surface area contributed by atoms with Crippen molar-refractivity contribution in [3.05, 3.63) is 39.8 Å². The Morgan fingerprint density at radius 3 is 2.68 bits per heavy atom. The largest absolute Gasteiger partial charge is 0.462 e. The average Bonchev–Trinajstić information content (AvgIpc) is 3.33. The zero-order valence-electron chi connectivity index (χ0n) is 17.7. The van der Waals surface area contributed by atoms with Crippen molar-refractivity contribution in [3.63, 3.8) is 0 Å². The summed E-state index contributed by atoms with van der Waals surface area (Å²) in [5.74, 6) is -0.460. The normalized spacial score (nSPS) is 15.4. The molecular weight excluding hydrogens is 436 g/mol. The molecule has 1 aromatic heterocycles. The number of thiophene rings is 1. The Morgan fingerprint density at radius 2 is 1.94 bits per heavy atom. The number of anilines is 2. The van der Waals surface area contributed by atoms with E-state index >= 15 is 0 Å². The van der Waals surface area contributed by atoms with Crippen LogP contribution >= 0.6 is 11.3 Å². The molecule has 1 N–H and O–H groups in total. The number of sulfonamides is 1. The Kier molecular flexibility index (Phi) is 6.07. The van der Waals surface area contributed by atoms with Crippen molar-refractivity contribution in [2.45, 2.75) is 57.3 Å². The number of hydrogen-bond donors (Lipinski definition) is 1. The number of nitrogens with one attached hydrogen (secondary N) is 1. The number of benzene rings is 1. The minimum Gasteiger partial charge on any atom is -0.462 e. The third kappa shape index (κ3) is 4.08. The lowest BCUT2D eigenvalue weighted by Crippen LogP contribution is -2.27. The van der Waals surface area contributed by atoms with E-state index in [0.717, 1.165) is 47.4 Å². The molecule has 2 aromatic rings. The van der Waals surface area contributed by atoms with Gasteiger partial charge in [-0.05, 0) is 68.4 Å². The van der Waals surface area contributed by atoms with Gasteiger partial charge in [-0.1, -0.05) is 6.92 Å². The standard InChI is InChI=1S/C22H26N2O5S2/c1-3-19(25)24-12-11-14-13-15(9-10-17(14)24)31(27,28)23-21-20(22(26)29-4-2)16-7-5-6-8-18(16)30-21/h9-10,13,23H,3-8,11-12H2,1-2H3. The minimum absolute atomic E-state index is 0.0238. The minimum atomic E-state index is -3.90. The van der Waals surface area contributed by atoms with E-state index in [2.05, 4.69) is 4.72 Å². The van der Waals surface area contributed by atoms with Gasteiger partial charge in [-0.25, -0.2) is 13.2 Å². The molecule has 0 unspecified atom stereocenters. The van der Waals surface area contributed by atoms with Crippen molar-refractivity contribution in [2.75, 3.05) is 22.8 Å². The molecule has 0 saturated carbocycles. The van der Waals surface area contributed by atoms with Crippen molar-refractivity contribution < 1.29 is 22.7 Å². The molecule has 31 heavy (non-hydrogen) atoms. The molecule has 1 amide bonds. The second-order valence-corrected chi connectivity index (χ2v) is 10.5. The topological polar surface area (TPSA) is 92.8 Å². The van der Waals surface area contributed by atoms with Crippen molar-refractivity contribution >= 4 is 43.9 Å². The molecule has 1 aliphatic carbocycles. The maximum Gasteiger partial charge on any atom is 0.341 e. The molecule has 0 saturated heterocycles. The fraction of sp³-hybridized carbons (Fsp3) is 0.455. The zero-order chi connectivity index (χ0) is 22.2. The van der Waals surface area contributed by atoms with E-state index in [9.17, 15) is 18.0 Å². The molecule has 4 rings (SSSR count). The molecule has 7 nitrogen and oxygen atoms in total. The lowest BCUT2D eigenvalue weighted by Gasteiger charge is -2.16. The van der Waals surface area contributed by atoms with Crippen molar-refractivity contribution in [1.82, 2.24) is 0 Å². The Bertz CT molecular complexity index is 1140. The Balaban J connectivity index is 1.67. The van der Waals surface area contributed by atoms with Gasteiger partial charge in [0.05, 0.1) is 17.1 Å². The van der Waals surface area contributed by atoms with Crippen LogP contribution in [0.3, 0.4) is 0 Å². The van der Waals surface area contributed by atoms with E-state index < -0.39 is 16.0 Å². The first kappa shape index (κ1) is 21.8. The van der Waals surface area contributed by atoms with E-state index in [0.29, 0.717) is 30.0 Å². The summed E-state index contributed by atoms with van der Waals surface area (Å²) >= 11 is 1.33. The van der Waals surface area contributed by atoms with Gasteiger partial charge in [0.2, 0.25) is 5.91 Å². The first-order valence-corrected chi connectivity index (χ1v) is 12.9. The molecule has 1 aromatic carbocycles. The third-order valence-electron chi connectivity index (χ3n) is 5.74. The van der Waals surface area contributed by atoms with Crippen LogP contribution in [0.5, 0.6) is 0 Å². The highest BCUT2D eigenvalue weighted by Crippen LogP contribution is 2.40. The van der Waals surface area contributed by atoms with E-state index in [1.54, 1.807) is 24.0 Å². The molecular formula is C22H26N2O5S2. The summed E-state index contributed by atoms with van der Waals surface area (Å²) in [5.41, 5.74) is 2.87. The van der Waals surface area contributed by atoms with Crippen LogP contribution in [-0.4, -0.2) is 33.4 Å². The quantitative estimate of drug-likeness (QED) is 0.657. The number of amides is 1. The molecule has 9 heteroatoms. The van der Waals surface area contributed by atoms with Crippen molar-refractivity contribution in [1.29, 1.82) is 0 Å². The van der Waals surface area contributed by atoms with E-state index in [-0.39, 0.29) is 17.4 Å². The summed E-state index contributed by atoms with van der Waals surface area (Å²) in [6.45, 7) is 4.33. The summed E-state index contributed by atoms with van der Waals surface area (Å²) in [6, 6.07) is 4.83. The van der Waals surface area contributed by atoms with Gasteiger partial charge in [-0.3, -0.25) is 9.52 Å². The van der Waals surface area contributed by atoms with Crippen molar-refractivity contribution in [2.24, 2.45) is 0 Å². The van der Waals surface area contributed by atoms with Crippen LogP contribution in [0.4, 0.5) is 10.7 Å². The third-order valence-corrected chi connectivity index (χ3v) is 8.42. The van der Waals surface area contributed by atoms with Crippen LogP contribution in [0.1, 0.15) is 59.5 Å². The molecule has 0 spiro atoms. The number of carbonyl (C=O) groups is 2. The highest BCUT2D eigenvalue weighted by Gasteiger charge is 2.30. The molecule has 166 valence electrons. The Morgan fingerprint density at radius 1 is 1.16 bits per heavy atom. The lowest BCUT2D eigenvalue weighted by atomic mass is 9.95. The fourth-order valence-corrected chi connectivity index (χ4v) is 6.87. The van der Waals surface area contributed by atoms with E-state index in [1.165, 1.54) is 17.4 Å². The molecule has 0 fully saturated rings. The first-order valence-electron chi connectivity index (χ1n) is 10.6. The predicted molar refractivity (Wildman–Crippen MR) is 121 cm³/mol. The van der Waals surface area contributed by atoms with Gasteiger partial charge < -0.3 is 9.64 Å². The van der Waals surface area contributed by atoms with Crippen LogP contribution in [0.15, 0.2) is 23.1 Å². The fourth-order valence-electron chi connectivity index (χ4n) is 4.23. The maximum absolute atomic E-state index is 13.2. The SMILES string of the molecule is CCOC(=O)c1c(NS(=O)(=O)c2ccc3c(c2)CCN3C(=O)CC)sc2c1CCCC2. The van der Waals surface area contributed by atoms with Gasteiger partial charge in [-0.2, -0.15) is 0 Å². The molecule has 2 heterocycles. The number of carbonyl (C=O) groups excluding carboxylic acids is 2. The molecule has 0 radical (unpaired) electrons.